The summed E-state index contributed by atoms with van der Waals surface area (Å²) >= 11 is 0. The molecule has 0 bridgehead atoms. The van der Waals surface area contributed by atoms with Crippen LogP contribution in [0.15, 0.2) is 24.3 Å². The minimum atomic E-state index is -1.01. The number of benzene rings is 1. The number of carbonyl (C=O) groups excluding carboxylic acids is 4. The van der Waals surface area contributed by atoms with Gasteiger partial charge in [-0.1, -0.05) is 24.3 Å². The van der Waals surface area contributed by atoms with Crippen LogP contribution in [0.4, 0.5) is 4.79 Å². The van der Waals surface area contributed by atoms with Crippen molar-refractivity contribution in [3.8, 4) is 0 Å². The Morgan fingerprint density at radius 1 is 1.05 bits per heavy atom. The van der Waals surface area contributed by atoms with Gasteiger partial charge in [-0.05, 0) is 83.8 Å². The second kappa shape index (κ2) is 12.2. The van der Waals surface area contributed by atoms with E-state index in [9.17, 15) is 24.3 Å². The molecule has 2 fully saturated rings. The Kier molecular flexibility index (Phi) is 9.07. The summed E-state index contributed by atoms with van der Waals surface area (Å²) in [5.74, 6) is -1.08. The van der Waals surface area contributed by atoms with Gasteiger partial charge in [0.25, 0.3) is 0 Å². The standard InChI is InChI=1S/C30H44N4O6/c1-18(33(5)29(39)40-30(2,3)4)26(36)32-24-17-21(35)15-13-20-14-16-25(34(20)28(24)38)27(37)31-23-12-8-10-19-9-6-7-11-22(19)23/h6-7,9,11,18,20-21,23-25,35H,8,10,12-17H2,1-5H3,(H,31,37)(H,32,36)/t18-,20-,21+,23?,24-,25-/m0/s1. The van der Waals surface area contributed by atoms with E-state index in [1.54, 1.807) is 32.6 Å². The van der Waals surface area contributed by atoms with Crippen LogP contribution in [0.1, 0.15) is 89.8 Å². The topological polar surface area (TPSA) is 128 Å². The maximum absolute atomic E-state index is 13.9. The number of nitrogens with one attached hydrogen (secondary N) is 2. The van der Waals surface area contributed by atoms with Gasteiger partial charge in [0.1, 0.15) is 23.7 Å². The highest BCUT2D eigenvalue weighted by atomic mass is 16.6. The number of nitrogens with zero attached hydrogens (tertiary/aromatic N) is 2. The van der Waals surface area contributed by atoms with E-state index in [-0.39, 0.29) is 30.3 Å². The molecular formula is C30H44N4O6. The van der Waals surface area contributed by atoms with Crippen molar-refractivity contribution < 1.29 is 29.0 Å². The van der Waals surface area contributed by atoms with Gasteiger partial charge in [-0.2, -0.15) is 0 Å². The molecule has 2 heterocycles. The van der Waals surface area contributed by atoms with E-state index in [0.29, 0.717) is 25.7 Å². The van der Waals surface area contributed by atoms with Gasteiger partial charge in [0.05, 0.1) is 12.1 Å². The number of fused-ring (bicyclic) bond motifs is 2. The Bertz CT molecular complexity index is 1120. The molecule has 4 amide bonds. The van der Waals surface area contributed by atoms with Gasteiger partial charge in [0.15, 0.2) is 0 Å². The average Bonchev–Trinajstić information content (AvgIpc) is 3.32. The van der Waals surface area contributed by atoms with Gasteiger partial charge < -0.3 is 25.4 Å². The summed E-state index contributed by atoms with van der Waals surface area (Å²) in [6.07, 6.45) is 3.72. The third-order valence-electron chi connectivity index (χ3n) is 8.34. The van der Waals surface area contributed by atoms with Crippen LogP contribution in [0.3, 0.4) is 0 Å². The van der Waals surface area contributed by atoms with E-state index in [1.807, 2.05) is 12.1 Å². The van der Waals surface area contributed by atoms with E-state index >= 15 is 0 Å². The molecule has 4 rings (SSSR count). The van der Waals surface area contributed by atoms with Crippen molar-refractivity contribution in [1.82, 2.24) is 20.4 Å². The lowest BCUT2D eigenvalue weighted by Crippen LogP contribution is -2.59. The SMILES string of the molecule is C[C@@H](C(=O)N[C@H]1C[C@H](O)CC[C@H]2CC[C@@H](C(=O)NC3CCCc4ccccc43)N2C1=O)N(C)C(=O)OC(C)(C)C. The Balaban J connectivity index is 1.47. The van der Waals surface area contributed by atoms with Crippen molar-refractivity contribution in [3.63, 3.8) is 0 Å². The van der Waals surface area contributed by atoms with Crippen LogP contribution in [0.2, 0.25) is 0 Å². The zero-order chi connectivity index (χ0) is 29.2. The fourth-order valence-electron chi connectivity index (χ4n) is 6.07. The van der Waals surface area contributed by atoms with Crippen LogP contribution in [0.5, 0.6) is 0 Å². The van der Waals surface area contributed by atoms with Gasteiger partial charge in [0, 0.05) is 19.5 Å². The summed E-state index contributed by atoms with van der Waals surface area (Å²) in [6.45, 7) is 6.78. The molecule has 10 heteroatoms. The number of amides is 4. The van der Waals surface area contributed by atoms with E-state index in [2.05, 4.69) is 22.8 Å². The molecule has 0 radical (unpaired) electrons. The van der Waals surface area contributed by atoms with Crippen molar-refractivity contribution in [2.75, 3.05) is 7.05 Å². The van der Waals surface area contributed by atoms with E-state index in [4.69, 9.17) is 4.74 Å². The van der Waals surface area contributed by atoms with Crippen LogP contribution in [-0.2, 0) is 25.5 Å². The van der Waals surface area contributed by atoms with Crippen molar-refractivity contribution in [2.45, 2.75) is 121 Å². The number of aryl methyl sites for hydroxylation is 1. The minimum Gasteiger partial charge on any atom is -0.444 e. The molecule has 10 nitrogen and oxygen atoms in total. The maximum Gasteiger partial charge on any atom is 0.410 e. The highest BCUT2D eigenvalue weighted by Gasteiger charge is 2.45. The molecule has 2 aliphatic heterocycles. The largest absolute Gasteiger partial charge is 0.444 e. The molecule has 0 aromatic heterocycles. The maximum atomic E-state index is 13.9. The second-order valence-corrected chi connectivity index (χ2v) is 12.4. The predicted molar refractivity (Wildman–Crippen MR) is 149 cm³/mol. The van der Waals surface area contributed by atoms with Crippen LogP contribution in [0.25, 0.3) is 0 Å². The van der Waals surface area contributed by atoms with Crippen LogP contribution < -0.4 is 10.6 Å². The van der Waals surface area contributed by atoms with Crippen LogP contribution in [0, 0.1) is 0 Å². The molecular weight excluding hydrogens is 512 g/mol. The first-order valence-electron chi connectivity index (χ1n) is 14.5. The summed E-state index contributed by atoms with van der Waals surface area (Å²) in [6, 6.07) is 5.31. The second-order valence-electron chi connectivity index (χ2n) is 12.4. The number of aliphatic hydroxyl groups excluding tert-OH is 1. The summed E-state index contributed by atoms with van der Waals surface area (Å²) in [4.78, 5) is 56.0. The third-order valence-corrected chi connectivity index (χ3v) is 8.34. The Labute approximate surface area is 236 Å². The van der Waals surface area contributed by atoms with Crippen molar-refractivity contribution in [2.24, 2.45) is 0 Å². The van der Waals surface area contributed by atoms with Gasteiger partial charge in [-0.3, -0.25) is 19.3 Å². The molecule has 2 saturated heterocycles. The lowest BCUT2D eigenvalue weighted by molar-refractivity contribution is -0.146. The van der Waals surface area contributed by atoms with Crippen LogP contribution >= 0.6 is 0 Å². The summed E-state index contributed by atoms with van der Waals surface area (Å²) < 4.78 is 5.36. The molecule has 220 valence electrons. The molecule has 1 unspecified atom stereocenters. The highest BCUT2D eigenvalue weighted by Crippen LogP contribution is 2.34. The zero-order valence-electron chi connectivity index (χ0n) is 24.3. The number of rotatable bonds is 5. The first-order valence-corrected chi connectivity index (χ1v) is 14.5. The lowest BCUT2D eigenvalue weighted by atomic mass is 9.87. The van der Waals surface area contributed by atoms with Crippen molar-refractivity contribution >= 4 is 23.8 Å². The Hall–Kier alpha value is -3.14. The monoisotopic (exact) mass is 556 g/mol. The molecule has 40 heavy (non-hydrogen) atoms. The minimum absolute atomic E-state index is 0.0427. The highest BCUT2D eigenvalue weighted by molar-refractivity contribution is 5.94. The normalized spacial score (nSPS) is 27.4. The zero-order valence-corrected chi connectivity index (χ0v) is 24.3. The smallest absolute Gasteiger partial charge is 0.410 e. The number of hydrogen-bond acceptors (Lipinski definition) is 6. The van der Waals surface area contributed by atoms with Crippen molar-refractivity contribution in [1.29, 1.82) is 0 Å². The van der Waals surface area contributed by atoms with Gasteiger partial charge in [-0.15, -0.1) is 0 Å². The molecule has 1 aliphatic carbocycles. The Morgan fingerprint density at radius 3 is 2.48 bits per heavy atom. The van der Waals surface area contributed by atoms with E-state index in [1.165, 1.54) is 17.5 Å². The van der Waals surface area contributed by atoms with Gasteiger partial charge >= 0.3 is 6.09 Å². The van der Waals surface area contributed by atoms with Crippen molar-refractivity contribution in [3.05, 3.63) is 35.4 Å². The molecule has 0 spiro atoms. The molecule has 3 aliphatic rings. The predicted octanol–water partition coefficient (Wildman–Crippen LogP) is 2.82. The summed E-state index contributed by atoms with van der Waals surface area (Å²) in [5.41, 5.74) is 1.65. The molecule has 1 aromatic rings. The molecule has 0 saturated carbocycles. The third kappa shape index (κ3) is 6.77. The first-order chi connectivity index (χ1) is 18.9. The fraction of sp³-hybridized carbons (Fsp3) is 0.667. The summed E-state index contributed by atoms with van der Waals surface area (Å²) in [7, 11) is 1.47. The van der Waals surface area contributed by atoms with E-state index < -0.39 is 41.8 Å². The van der Waals surface area contributed by atoms with Gasteiger partial charge in [-0.25, -0.2) is 4.79 Å². The van der Waals surface area contributed by atoms with Gasteiger partial charge in [0.2, 0.25) is 17.7 Å². The number of hydrogen-bond donors (Lipinski definition) is 3. The Morgan fingerprint density at radius 2 is 1.75 bits per heavy atom. The number of ether oxygens (including phenoxy) is 1. The van der Waals surface area contributed by atoms with E-state index in [0.717, 1.165) is 24.8 Å². The molecule has 3 N–H and O–H groups in total. The fourth-order valence-corrected chi connectivity index (χ4v) is 6.07. The lowest BCUT2D eigenvalue weighted by Gasteiger charge is -2.37. The number of carbonyl (C=O) groups is 4. The quantitative estimate of drug-likeness (QED) is 0.512. The first kappa shape index (κ1) is 29.8. The number of likely N-dealkylation sites (N-methyl/N-ethyl adjacent to an activating group) is 1. The summed E-state index contributed by atoms with van der Waals surface area (Å²) in [5, 5.41) is 16.6. The molecule has 1 aromatic carbocycles. The molecule has 6 atom stereocenters. The van der Waals surface area contributed by atoms with Crippen LogP contribution in [-0.4, -0.2) is 81.6 Å². The number of aliphatic hydroxyl groups is 1. The average molecular weight is 557 g/mol.